The van der Waals surface area contributed by atoms with Gasteiger partial charge in [0, 0.05) is 37.4 Å². The molecule has 0 bridgehead atoms. The average Bonchev–Trinajstić information content (AvgIpc) is 3.13. The summed E-state index contributed by atoms with van der Waals surface area (Å²) in [6.45, 7) is 6.20. The minimum absolute atomic E-state index is 0.180. The maximum atomic E-state index is 11.7. The van der Waals surface area contributed by atoms with Gasteiger partial charge in [-0.2, -0.15) is 0 Å². The molecule has 1 aromatic rings. The first kappa shape index (κ1) is 15.1. The van der Waals surface area contributed by atoms with Crippen LogP contribution in [0.1, 0.15) is 57.6 Å². The second-order valence-electron chi connectivity index (χ2n) is 5.69. The fourth-order valence-electron chi connectivity index (χ4n) is 2.38. The van der Waals surface area contributed by atoms with Crippen LogP contribution < -0.4 is 10.6 Å². The molecular weight excluding hydrogens is 250 g/mol. The SMILES string of the molecule is CCCNC(CC)c1ccn(CCC(=O)NC2CC2)c1. The highest BCUT2D eigenvalue weighted by atomic mass is 16.1. The molecule has 20 heavy (non-hydrogen) atoms. The van der Waals surface area contributed by atoms with E-state index in [-0.39, 0.29) is 5.91 Å². The molecule has 1 aromatic heterocycles. The lowest BCUT2D eigenvalue weighted by Crippen LogP contribution is -2.26. The minimum Gasteiger partial charge on any atom is -0.353 e. The normalized spacial score (nSPS) is 16.1. The Morgan fingerprint density at radius 1 is 1.45 bits per heavy atom. The van der Waals surface area contributed by atoms with Crippen LogP contribution in [-0.4, -0.2) is 23.1 Å². The van der Waals surface area contributed by atoms with Crippen molar-refractivity contribution >= 4 is 5.91 Å². The molecule has 1 saturated carbocycles. The first-order valence-electron chi connectivity index (χ1n) is 7.91. The van der Waals surface area contributed by atoms with Gasteiger partial charge >= 0.3 is 0 Å². The number of amides is 1. The van der Waals surface area contributed by atoms with Crippen LogP contribution in [0.5, 0.6) is 0 Å². The molecule has 0 spiro atoms. The maximum Gasteiger partial charge on any atom is 0.222 e. The van der Waals surface area contributed by atoms with Gasteiger partial charge in [-0.15, -0.1) is 0 Å². The van der Waals surface area contributed by atoms with E-state index in [0.717, 1.165) is 38.8 Å². The summed E-state index contributed by atoms with van der Waals surface area (Å²) in [5, 5.41) is 6.58. The van der Waals surface area contributed by atoms with Crippen molar-refractivity contribution in [3.05, 3.63) is 24.0 Å². The second-order valence-corrected chi connectivity index (χ2v) is 5.69. The third-order valence-electron chi connectivity index (χ3n) is 3.76. The lowest BCUT2D eigenvalue weighted by molar-refractivity contribution is -0.121. The van der Waals surface area contributed by atoms with Gasteiger partial charge < -0.3 is 15.2 Å². The Morgan fingerprint density at radius 3 is 2.90 bits per heavy atom. The van der Waals surface area contributed by atoms with Gasteiger partial charge in [0.25, 0.3) is 0 Å². The zero-order chi connectivity index (χ0) is 14.4. The van der Waals surface area contributed by atoms with Gasteiger partial charge in [-0.3, -0.25) is 4.79 Å². The lowest BCUT2D eigenvalue weighted by atomic mass is 10.1. The number of carbonyl (C=O) groups excluding carboxylic acids is 1. The Bertz CT molecular complexity index is 423. The predicted molar refractivity (Wildman–Crippen MR) is 81.5 cm³/mol. The molecule has 2 rings (SSSR count). The highest BCUT2D eigenvalue weighted by molar-refractivity contribution is 5.76. The van der Waals surface area contributed by atoms with Crippen LogP contribution in [0.4, 0.5) is 0 Å². The van der Waals surface area contributed by atoms with Crippen molar-refractivity contribution in [2.45, 2.75) is 64.6 Å². The van der Waals surface area contributed by atoms with E-state index >= 15 is 0 Å². The number of carbonyl (C=O) groups is 1. The quantitative estimate of drug-likeness (QED) is 0.729. The van der Waals surface area contributed by atoms with Crippen LogP contribution in [0.3, 0.4) is 0 Å². The molecule has 1 aliphatic carbocycles. The van der Waals surface area contributed by atoms with Crippen LogP contribution in [-0.2, 0) is 11.3 Å². The number of aromatic nitrogens is 1. The summed E-state index contributed by atoms with van der Waals surface area (Å²) in [6, 6.07) is 3.05. The minimum atomic E-state index is 0.180. The summed E-state index contributed by atoms with van der Waals surface area (Å²) >= 11 is 0. The Morgan fingerprint density at radius 2 is 2.25 bits per heavy atom. The second kappa shape index (κ2) is 7.48. The van der Waals surface area contributed by atoms with Crippen LogP contribution in [0.2, 0.25) is 0 Å². The van der Waals surface area contributed by atoms with Crippen molar-refractivity contribution in [1.29, 1.82) is 0 Å². The van der Waals surface area contributed by atoms with Crippen molar-refractivity contribution in [3.63, 3.8) is 0 Å². The van der Waals surface area contributed by atoms with E-state index in [1.807, 2.05) is 0 Å². The topological polar surface area (TPSA) is 46.1 Å². The van der Waals surface area contributed by atoms with E-state index in [9.17, 15) is 4.79 Å². The van der Waals surface area contributed by atoms with Crippen molar-refractivity contribution in [2.75, 3.05) is 6.54 Å². The van der Waals surface area contributed by atoms with Gasteiger partial charge in [0.2, 0.25) is 5.91 Å². The van der Waals surface area contributed by atoms with Gasteiger partial charge in [-0.05, 0) is 43.9 Å². The molecule has 2 N–H and O–H groups in total. The summed E-state index contributed by atoms with van der Waals surface area (Å²) in [7, 11) is 0. The van der Waals surface area contributed by atoms with E-state index in [1.54, 1.807) is 0 Å². The number of nitrogens with one attached hydrogen (secondary N) is 2. The van der Waals surface area contributed by atoms with E-state index in [4.69, 9.17) is 0 Å². The first-order chi connectivity index (χ1) is 9.72. The average molecular weight is 277 g/mol. The zero-order valence-corrected chi connectivity index (χ0v) is 12.7. The number of nitrogens with zero attached hydrogens (tertiary/aromatic N) is 1. The van der Waals surface area contributed by atoms with Crippen molar-refractivity contribution in [3.8, 4) is 0 Å². The number of hydrogen-bond acceptors (Lipinski definition) is 2. The van der Waals surface area contributed by atoms with Crippen molar-refractivity contribution in [2.24, 2.45) is 0 Å². The highest BCUT2D eigenvalue weighted by Crippen LogP contribution is 2.19. The first-order valence-corrected chi connectivity index (χ1v) is 7.91. The summed E-state index contributed by atoms with van der Waals surface area (Å²) in [5.74, 6) is 0.180. The molecular formula is C16H27N3O. The maximum absolute atomic E-state index is 11.7. The number of rotatable bonds is 9. The lowest BCUT2D eigenvalue weighted by Gasteiger charge is -2.15. The van der Waals surface area contributed by atoms with E-state index in [2.05, 4.69) is 47.5 Å². The van der Waals surface area contributed by atoms with Gasteiger partial charge in [0.15, 0.2) is 0 Å². The molecule has 0 aromatic carbocycles. The Kier molecular flexibility index (Phi) is 5.65. The number of hydrogen-bond donors (Lipinski definition) is 2. The molecule has 112 valence electrons. The molecule has 1 heterocycles. The third-order valence-corrected chi connectivity index (χ3v) is 3.76. The van der Waals surface area contributed by atoms with Crippen LogP contribution >= 0.6 is 0 Å². The summed E-state index contributed by atoms with van der Waals surface area (Å²) in [5.41, 5.74) is 1.32. The standard InChI is InChI=1S/C16H27N3O/c1-3-9-17-15(4-2)13-7-10-19(12-13)11-8-16(20)18-14-5-6-14/h7,10,12,14-15,17H,3-6,8-9,11H2,1-2H3,(H,18,20). The molecule has 1 unspecified atom stereocenters. The smallest absolute Gasteiger partial charge is 0.222 e. The largest absolute Gasteiger partial charge is 0.353 e. The van der Waals surface area contributed by atoms with E-state index in [0.29, 0.717) is 18.5 Å². The van der Waals surface area contributed by atoms with E-state index < -0.39 is 0 Å². The number of aryl methyl sites for hydroxylation is 1. The predicted octanol–water partition coefficient (Wildman–Crippen LogP) is 2.61. The molecule has 1 aliphatic rings. The molecule has 1 amide bonds. The monoisotopic (exact) mass is 277 g/mol. The van der Waals surface area contributed by atoms with Crippen LogP contribution in [0.25, 0.3) is 0 Å². The molecule has 1 fully saturated rings. The van der Waals surface area contributed by atoms with Gasteiger partial charge in [0.1, 0.15) is 0 Å². The fourth-order valence-corrected chi connectivity index (χ4v) is 2.38. The molecule has 0 radical (unpaired) electrons. The molecule has 4 heteroatoms. The van der Waals surface area contributed by atoms with Crippen molar-refractivity contribution in [1.82, 2.24) is 15.2 Å². The Labute approximate surface area is 121 Å². The zero-order valence-electron chi connectivity index (χ0n) is 12.7. The Balaban J connectivity index is 1.79. The third kappa shape index (κ3) is 4.67. The van der Waals surface area contributed by atoms with E-state index in [1.165, 1.54) is 5.56 Å². The molecule has 1 atom stereocenters. The van der Waals surface area contributed by atoms with Crippen LogP contribution in [0, 0.1) is 0 Å². The van der Waals surface area contributed by atoms with Gasteiger partial charge in [-0.1, -0.05) is 13.8 Å². The van der Waals surface area contributed by atoms with Gasteiger partial charge in [-0.25, -0.2) is 0 Å². The fraction of sp³-hybridized carbons (Fsp3) is 0.688. The molecule has 4 nitrogen and oxygen atoms in total. The summed E-state index contributed by atoms with van der Waals surface area (Å²) in [6.07, 6.45) is 9.37. The highest BCUT2D eigenvalue weighted by Gasteiger charge is 2.22. The van der Waals surface area contributed by atoms with Gasteiger partial charge in [0.05, 0.1) is 0 Å². The summed E-state index contributed by atoms with van der Waals surface area (Å²) in [4.78, 5) is 11.7. The van der Waals surface area contributed by atoms with Crippen molar-refractivity contribution < 1.29 is 4.79 Å². The van der Waals surface area contributed by atoms with Crippen LogP contribution in [0.15, 0.2) is 18.5 Å². The summed E-state index contributed by atoms with van der Waals surface area (Å²) < 4.78 is 2.12. The molecule has 0 saturated heterocycles. The molecule has 0 aliphatic heterocycles. The Hall–Kier alpha value is -1.29.